The van der Waals surface area contributed by atoms with E-state index in [-0.39, 0.29) is 5.91 Å². The largest absolute Gasteiger partial charge is 0.494 e. The van der Waals surface area contributed by atoms with Crippen molar-refractivity contribution in [1.29, 1.82) is 0 Å². The molecular formula is C28H27BrN2O2. The smallest absolute Gasteiger partial charge is 0.282 e. The van der Waals surface area contributed by atoms with Crippen LogP contribution in [0.5, 0.6) is 5.75 Å². The monoisotopic (exact) mass is 502 g/mol. The third-order valence-corrected chi connectivity index (χ3v) is 6.03. The summed E-state index contributed by atoms with van der Waals surface area (Å²) >= 11 is 3.46. The van der Waals surface area contributed by atoms with Crippen molar-refractivity contribution in [3.8, 4) is 5.75 Å². The van der Waals surface area contributed by atoms with Gasteiger partial charge in [0.25, 0.3) is 5.91 Å². The van der Waals surface area contributed by atoms with Crippen LogP contribution in [0, 0.1) is 13.8 Å². The molecule has 0 N–H and O–H groups in total. The minimum absolute atomic E-state index is 0.136. The zero-order chi connectivity index (χ0) is 23.4. The zero-order valence-electron chi connectivity index (χ0n) is 19.1. The molecule has 0 spiro atoms. The first kappa shape index (κ1) is 23.0. The maximum absolute atomic E-state index is 13.5. The van der Waals surface area contributed by atoms with E-state index in [4.69, 9.17) is 9.73 Å². The molecule has 0 aromatic heterocycles. The Morgan fingerprint density at radius 3 is 2.39 bits per heavy atom. The standard InChI is InChI=1S/C28H27BrN2O2/c1-4-5-16-33-24-13-9-22(10-14-24)27-30-25(18-21-7-11-23(29)12-8-21)28(32)31(27)26-15-6-19(2)17-20(26)3/h6-15,17-18H,4-5,16H2,1-3H3/b25-18-. The van der Waals surface area contributed by atoms with Crippen LogP contribution in [0.15, 0.2) is 81.9 Å². The van der Waals surface area contributed by atoms with E-state index >= 15 is 0 Å². The van der Waals surface area contributed by atoms with Gasteiger partial charge in [-0.1, -0.05) is 59.1 Å². The van der Waals surface area contributed by atoms with E-state index < -0.39 is 0 Å². The van der Waals surface area contributed by atoms with E-state index in [1.54, 1.807) is 4.90 Å². The summed E-state index contributed by atoms with van der Waals surface area (Å²) in [6.45, 7) is 6.91. The number of anilines is 1. The lowest BCUT2D eigenvalue weighted by Crippen LogP contribution is -2.33. The number of carbonyl (C=O) groups excluding carboxylic acids is 1. The Bertz CT molecular complexity index is 1210. The van der Waals surface area contributed by atoms with Crippen LogP contribution in [0.4, 0.5) is 5.69 Å². The number of benzene rings is 3. The van der Waals surface area contributed by atoms with Crippen molar-refractivity contribution in [2.24, 2.45) is 4.99 Å². The topological polar surface area (TPSA) is 41.9 Å². The summed E-state index contributed by atoms with van der Waals surface area (Å²) < 4.78 is 6.79. The predicted octanol–water partition coefficient (Wildman–Crippen LogP) is 7.08. The van der Waals surface area contributed by atoms with E-state index in [9.17, 15) is 4.79 Å². The van der Waals surface area contributed by atoms with E-state index in [2.05, 4.69) is 28.9 Å². The van der Waals surface area contributed by atoms with E-state index in [0.29, 0.717) is 18.1 Å². The van der Waals surface area contributed by atoms with Gasteiger partial charge in [-0.25, -0.2) is 4.99 Å². The van der Waals surface area contributed by atoms with Gasteiger partial charge in [0, 0.05) is 10.0 Å². The van der Waals surface area contributed by atoms with Crippen molar-refractivity contribution in [3.63, 3.8) is 0 Å². The number of carbonyl (C=O) groups is 1. The van der Waals surface area contributed by atoms with Crippen LogP contribution in [-0.4, -0.2) is 18.3 Å². The Morgan fingerprint density at radius 1 is 1.00 bits per heavy atom. The number of hydrogen-bond acceptors (Lipinski definition) is 3. The number of amides is 1. The van der Waals surface area contributed by atoms with Gasteiger partial charge in [-0.2, -0.15) is 0 Å². The molecule has 4 rings (SSSR count). The Morgan fingerprint density at radius 2 is 1.73 bits per heavy atom. The number of halogens is 1. The van der Waals surface area contributed by atoms with E-state index in [1.807, 2.05) is 80.6 Å². The number of rotatable bonds is 7. The molecule has 4 nitrogen and oxygen atoms in total. The fraction of sp³-hybridized carbons (Fsp3) is 0.214. The van der Waals surface area contributed by atoms with E-state index in [1.165, 1.54) is 0 Å². The number of amidine groups is 1. The lowest BCUT2D eigenvalue weighted by molar-refractivity contribution is -0.113. The normalized spacial score (nSPS) is 14.7. The number of hydrogen-bond donors (Lipinski definition) is 0. The molecular weight excluding hydrogens is 476 g/mol. The maximum Gasteiger partial charge on any atom is 0.282 e. The summed E-state index contributed by atoms with van der Waals surface area (Å²) in [7, 11) is 0. The molecule has 1 aliphatic rings. The van der Waals surface area contributed by atoms with Crippen LogP contribution in [0.3, 0.4) is 0 Å². The first-order valence-corrected chi connectivity index (χ1v) is 12.0. The van der Waals surface area contributed by atoms with Crippen LogP contribution >= 0.6 is 15.9 Å². The molecule has 0 atom stereocenters. The minimum atomic E-state index is -0.136. The number of aliphatic imine (C=N–C) groups is 1. The van der Waals surface area contributed by atoms with Crippen LogP contribution in [0.2, 0.25) is 0 Å². The van der Waals surface area contributed by atoms with Crippen molar-refractivity contribution in [3.05, 3.63) is 99.2 Å². The number of aryl methyl sites for hydroxylation is 2. The van der Waals surface area contributed by atoms with Gasteiger partial charge in [0.05, 0.1) is 12.3 Å². The van der Waals surface area contributed by atoms with E-state index in [0.717, 1.165) is 51.0 Å². The molecule has 0 bridgehead atoms. The highest BCUT2D eigenvalue weighted by molar-refractivity contribution is 9.10. The average Bonchev–Trinajstić information content (AvgIpc) is 3.12. The molecule has 1 amide bonds. The third-order valence-electron chi connectivity index (χ3n) is 5.51. The first-order valence-electron chi connectivity index (χ1n) is 11.2. The lowest BCUT2D eigenvalue weighted by atomic mass is 10.1. The van der Waals surface area contributed by atoms with Gasteiger partial charge in [-0.3, -0.25) is 9.69 Å². The molecule has 0 fully saturated rings. The SMILES string of the molecule is CCCCOc1ccc(C2=N/C(=C\c3ccc(Br)cc3)C(=O)N2c2ccc(C)cc2C)cc1. The molecule has 0 saturated carbocycles. The lowest BCUT2D eigenvalue weighted by Gasteiger charge is -2.21. The van der Waals surface area contributed by atoms with Gasteiger partial charge in [0.2, 0.25) is 0 Å². The third kappa shape index (κ3) is 5.25. The molecule has 1 aliphatic heterocycles. The predicted molar refractivity (Wildman–Crippen MR) is 139 cm³/mol. The number of ether oxygens (including phenoxy) is 1. The Hall–Kier alpha value is -3.18. The van der Waals surface area contributed by atoms with Gasteiger partial charge in [-0.15, -0.1) is 0 Å². The molecule has 0 radical (unpaired) electrons. The Labute approximate surface area is 203 Å². The fourth-order valence-electron chi connectivity index (χ4n) is 3.74. The van der Waals surface area contributed by atoms with Gasteiger partial charge >= 0.3 is 0 Å². The van der Waals surface area contributed by atoms with Gasteiger partial charge in [-0.05, 0) is 79.9 Å². The molecule has 33 heavy (non-hydrogen) atoms. The first-order chi connectivity index (χ1) is 16.0. The summed E-state index contributed by atoms with van der Waals surface area (Å²) in [4.78, 5) is 20.0. The van der Waals surface area contributed by atoms with Crippen LogP contribution in [0.25, 0.3) is 6.08 Å². The molecule has 1 heterocycles. The highest BCUT2D eigenvalue weighted by Gasteiger charge is 2.33. The van der Waals surface area contributed by atoms with Crippen molar-refractivity contribution >= 4 is 39.4 Å². The summed E-state index contributed by atoms with van der Waals surface area (Å²) in [6.07, 6.45) is 3.95. The van der Waals surface area contributed by atoms with Gasteiger partial charge in [0.1, 0.15) is 17.3 Å². The maximum atomic E-state index is 13.5. The summed E-state index contributed by atoms with van der Waals surface area (Å²) in [6, 6.07) is 21.7. The fourth-order valence-corrected chi connectivity index (χ4v) is 4.01. The molecule has 3 aromatic rings. The number of unbranched alkanes of at least 4 members (excludes halogenated alkanes) is 1. The highest BCUT2D eigenvalue weighted by atomic mass is 79.9. The molecule has 0 aliphatic carbocycles. The molecule has 0 unspecified atom stereocenters. The molecule has 5 heteroatoms. The Kier molecular flexibility index (Phi) is 7.09. The van der Waals surface area contributed by atoms with Crippen LogP contribution < -0.4 is 9.64 Å². The molecule has 3 aromatic carbocycles. The van der Waals surface area contributed by atoms with Crippen molar-refractivity contribution in [2.45, 2.75) is 33.6 Å². The zero-order valence-corrected chi connectivity index (χ0v) is 20.7. The van der Waals surface area contributed by atoms with Crippen molar-refractivity contribution < 1.29 is 9.53 Å². The molecule has 0 saturated heterocycles. The van der Waals surface area contributed by atoms with Crippen molar-refractivity contribution in [2.75, 3.05) is 11.5 Å². The summed E-state index contributed by atoms with van der Waals surface area (Å²) in [5.41, 5.74) is 5.22. The van der Waals surface area contributed by atoms with Gasteiger partial charge in [0.15, 0.2) is 0 Å². The average molecular weight is 503 g/mol. The summed E-state index contributed by atoms with van der Waals surface area (Å²) in [5.74, 6) is 1.30. The van der Waals surface area contributed by atoms with Crippen LogP contribution in [0.1, 0.15) is 42.0 Å². The second-order valence-electron chi connectivity index (χ2n) is 8.17. The molecule has 168 valence electrons. The highest BCUT2D eigenvalue weighted by Crippen LogP contribution is 2.31. The van der Waals surface area contributed by atoms with Gasteiger partial charge < -0.3 is 4.74 Å². The second-order valence-corrected chi connectivity index (χ2v) is 9.09. The Balaban J connectivity index is 1.73. The second kappa shape index (κ2) is 10.2. The van der Waals surface area contributed by atoms with Crippen molar-refractivity contribution in [1.82, 2.24) is 0 Å². The quantitative estimate of drug-likeness (QED) is 0.255. The van der Waals surface area contributed by atoms with Crippen LogP contribution in [-0.2, 0) is 4.79 Å². The summed E-state index contributed by atoms with van der Waals surface area (Å²) in [5, 5.41) is 0. The minimum Gasteiger partial charge on any atom is -0.494 e. The number of nitrogens with zero attached hydrogens (tertiary/aromatic N) is 2.